The Morgan fingerprint density at radius 1 is 0.756 bits per heavy atom. The fraction of sp³-hybridized carbons (Fsp3) is 0.450. The first-order valence-corrected chi connectivity index (χ1v) is 15.3. The molecule has 2 aliphatic carbocycles. The van der Waals surface area contributed by atoms with Crippen LogP contribution in [-0.2, 0) is 0 Å². The maximum Gasteiger partial charge on any atom is 0.0585 e. The third kappa shape index (κ3) is 11.9. The SMILES string of the molecule is CC1=CCCC(C)(C)C1/C=C/C(C)=C/C=C/C(C)=C/C=C/C=C(C)/C=C/C=C(C)/C=C/C1=C(C)CC(O)CC1(C)C. The maximum atomic E-state index is 10.1. The average molecular weight is 553 g/mol. The summed E-state index contributed by atoms with van der Waals surface area (Å²) in [6.07, 6.45) is 36.6. The Hall–Kier alpha value is -2.90. The number of allylic oxidation sites excluding steroid dienone is 21. The first-order valence-electron chi connectivity index (χ1n) is 15.3. The molecule has 0 aromatic carbocycles. The van der Waals surface area contributed by atoms with Gasteiger partial charge in [0.15, 0.2) is 0 Å². The van der Waals surface area contributed by atoms with E-state index < -0.39 is 0 Å². The first kappa shape index (κ1) is 34.3. The number of aliphatic hydroxyl groups is 1. The molecule has 1 nitrogen and oxygen atoms in total. The molecule has 2 aliphatic rings. The third-order valence-corrected chi connectivity index (χ3v) is 8.39. The minimum atomic E-state index is -0.221. The maximum absolute atomic E-state index is 10.1. The lowest BCUT2D eigenvalue weighted by Gasteiger charge is -2.36. The number of aliphatic hydroxyl groups excluding tert-OH is 1. The smallest absolute Gasteiger partial charge is 0.0585 e. The van der Waals surface area contributed by atoms with Crippen molar-refractivity contribution < 1.29 is 5.11 Å². The second-order valence-electron chi connectivity index (χ2n) is 13.5. The van der Waals surface area contributed by atoms with Crippen LogP contribution in [0, 0.1) is 16.7 Å². The van der Waals surface area contributed by atoms with E-state index in [1.54, 1.807) is 0 Å². The van der Waals surface area contributed by atoms with Gasteiger partial charge in [0.2, 0.25) is 0 Å². The van der Waals surface area contributed by atoms with Gasteiger partial charge in [-0.15, -0.1) is 0 Å². The van der Waals surface area contributed by atoms with Gasteiger partial charge in [-0.2, -0.15) is 0 Å². The Labute approximate surface area is 252 Å². The summed E-state index contributed by atoms with van der Waals surface area (Å²) in [5.74, 6) is 0.524. The van der Waals surface area contributed by atoms with Gasteiger partial charge in [0.1, 0.15) is 0 Å². The molecular formula is C40H56O. The topological polar surface area (TPSA) is 20.2 Å². The van der Waals surface area contributed by atoms with Crippen LogP contribution in [0.2, 0.25) is 0 Å². The minimum absolute atomic E-state index is 0.0126. The van der Waals surface area contributed by atoms with Crippen molar-refractivity contribution in [1.82, 2.24) is 0 Å². The van der Waals surface area contributed by atoms with Gasteiger partial charge in [0, 0.05) is 5.92 Å². The molecule has 0 aromatic rings. The van der Waals surface area contributed by atoms with Gasteiger partial charge >= 0.3 is 0 Å². The van der Waals surface area contributed by atoms with Gasteiger partial charge in [-0.05, 0) is 83.6 Å². The van der Waals surface area contributed by atoms with Crippen molar-refractivity contribution in [1.29, 1.82) is 0 Å². The third-order valence-electron chi connectivity index (χ3n) is 8.39. The Morgan fingerprint density at radius 3 is 1.80 bits per heavy atom. The number of hydrogen-bond acceptors (Lipinski definition) is 1. The van der Waals surface area contributed by atoms with Crippen molar-refractivity contribution in [3.63, 3.8) is 0 Å². The monoisotopic (exact) mass is 552 g/mol. The summed E-state index contributed by atoms with van der Waals surface area (Å²) in [5, 5.41) is 10.1. The van der Waals surface area contributed by atoms with E-state index in [9.17, 15) is 5.11 Å². The highest BCUT2D eigenvalue weighted by atomic mass is 16.3. The second-order valence-corrected chi connectivity index (χ2v) is 13.5. The van der Waals surface area contributed by atoms with Gasteiger partial charge in [0.25, 0.3) is 0 Å². The molecule has 41 heavy (non-hydrogen) atoms. The standard InChI is InChI=1S/C40H56O/c1-30(18-13-20-32(3)23-25-37-34(5)22-15-27-39(37,7)8)16-11-12-17-31(2)19-14-21-33(4)24-26-38-35(6)28-36(41)29-40(38,9)10/h11-14,16-26,36-37,41H,15,27-29H2,1-10H3/b12-11+,18-13+,19-14+,25-23+,26-24+,30-16+,31-17+,32-20+,33-21+. The largest absolute Gasteiger partial charge is 0.393 e. The van der Waals surface area contributed by atoms with Gasteiger partial charge in [-0.1, -0.05) is 152 Å². The molecule has 0 saturated heterocycles. The summed E-state index contributed by atoms with van der Waals surface area (Å²) in [7, 11) is 0. The molecule has 0 heterocycles. The first-order chi connectivity index (χ1) is 19.2. The highest BCUT2D eigenvalue weighted by Gasteiger charge is 2.31. The van der Waals surface area contributed by atoms with Crippen LogP contribution in [0.4, 0.5) is 0 Å². The van der Waals surface area contributed by atoms with Crippen molar-refractivity contribution in [3.8, 4) is 0 Å². The molecule has 0 fully saturated rings. The van der Waals surface area contributed by atoms with Gasteiger partial charge in [-0.3, -0.25) is 0 Å². The highest BCUT2D eigenvalue weighted by molar-refractivity contribution is 5.38. The normalized spacial score (nSPS) is 25.1. The van der Waals surface area contributed by atoms with E-state index in [4.69, 9.17) is 0 Å². The summed E-state index contributed by atoms with van der Waals surface area (Å²) >= 11 is 0. The summed E-state index contributed by atoms with van der Waals surface area (Å²) < 4.78 is 0. The molecule has 1 heteroatoms. The predicted octanol–water partition coefficient (Wildman–Crippen LogP) is 11.4. The predicted molar refractivity (Wildman–Crippen MR) is 183 cm³/mol. The van der Waals surface area contributed by atoms with E-state index in [2.05, 4.69) is 160 Å². The molecular weight excluding hydrogens is 496 g/mol. The van der Waals surface area contributed by atoms with Crippen LogP contribution in [0.3, 0.4) is 0 Å². The molecule has 2 rings (SSSR count). The van der Waals surface area contributed by atoms with Crippen LogP contribution >= 0.6 is 0 Å². The van der Waals surface area contributed by atoms with Crippen molar-refractivity contribution in [2.45, 2.75) is 101 Å². The molecule has 1 N–H and O–H groups in total. The summed E-state index contributed by atoms with van der Waals surface area (Å²) in [6, 6.07) is 0. The molecule has 0 aromatic heterocycles. The average Bonchev–Trinajstić information content (AvgIpc) is 2.84. The zero-order chi connectivity index (χ0) is 30.6. The minimum Gasteiger partial charge on any atom is -0.393 e. The lowest BCUT2D eigenvalue weighted by molar-refractivity contribution is 0.116. The lowest BCUT2D eigenvalue weighted by Crippen LogP contribution is -2.28. The van der Waals surface area contributed by atoms with Crippen molar-refractivity contribution in [3.05, 3.63) is 130 Å². The molecule has 0 amide bonds. The Morgan fingerprint density at radius 2 is 1.27 bits per heavy atom. The van der Waals surface area contributed by atoms with Crippen molar-refractivity contribution >= 4 is 0 Å². The van der Waals surface area contributed by atoms with Gasteiger partial charge in [0.05, 0.1) is 6.10 Å². The van der Waals surface area contributed by atoms with Crippen LogP contribution in [0.15, 0.2) is 130 Å². The summed E-state index contributed by atoms with van der Waals surface area (Å²) in [5.41, 5.74) is 9.40. The highest BCUT2D eigenvalue weighted by Crippen LogP contribution is 2.42. The number of rotatable bonds is 10. The molecule has 2 atom stereocenters. The van der Waals surface area contributed by atoms with Crippen LogP contribution in [0.1, 0.15) is 94.9 Å². The zero-order valence-electron chi connectivity index (χ0n) is 27.6. The molecule has 0 bridgehead atoms. The number of hydrogen-bond donors (Lipinski definition) is 1. The summed E-state index contributed by atoms with van der Waals surface area (Å²) in [4.78, 5) is 0. The van der Waals surface area contributed by atoms with Crippen LogP contribution in [-0.4, -0.2) is 11.2 Å². The Bertz CT molecular complexity index is 1240. The fourth-order valence-corrected chi connectivity index (χ4v) is 5.97. The van der Waals surface area contributed by atoms with Gasteiger partial charge in [-0.25, -0.2) is 0 Å². The van der Waals surface area contributed by atoms with Crippen LogP contribution in [0.25, 0.3) is 0 Å². The zero-order valence-corrected chi connectivity index (χ0v) is 27.6. The van der Waals surface area contributed by atoms with E-state index in [1.807, 2.05) is 0 Å². The van der Waals surface area contributed by atoms with Crippen LogP contribution < -0.4 is 0 Å². The fourth-order valence-electron chi connectivity index (χ4n) is 5.97. The molecule has 0 aliphatic heterocycles. The molecule has 2 unspecified atom stereocenters. The molecule has 0 spiro atoms. The Kier molecular flexibility index (Phi) is 13.3. The second kappa shape index (κ2) is 15.9. The van der Waals surface area contributed by atoms with E-state index >= 15 is 0 Å². The van der Waals surface area contributed by atoms with E-state index in [0.717, 1.165) is 12.8 Å². The van der Waals surface area contributed by atoms with Crippen molar-refractivity contribution in [2.24, 2.45) is 16.7 Å². The molecule has 222 valence electrons. The van der Waals surface area contributed by atoms with Crippen LogP contribution in [0.5, 0.6) is 0 Å². The molecule has 0 radical (unpaired) electrons. The van der Waals surface area contributed by atoms with Crippen molar-refractivity contribution in [2.75, 3.05) is 0 Å². The van der Waals surface area contributed by atoms with E-state index in [-0.39, 0.29) is 11.5 Å². The quantitative estimate of drug-likeness (QED) is 0.211. The summed E-state index contributed by atoms with van der Waals surface area (Å²) in [6.45, 7) is 22.2. The molecule has 0 saturated carbocycles. The Balaban J connectivity index is 1.89. The van der Waals surface area contributed by atoms with E-state index in [1.165, 1.54) is 51.9 Å². The lowest BCUT2D eigenvalue weighted by atomic mass is 9.68. The van der Waals surface area contributed by atoms with Gasteiger partial charge < -0.3 is 5.11 Å². The van der Waals surface area contributed by atoms with E-state index in [0.29, 0.717) is 11.3 Å².